The summed E-state index contributed by atoms with van der Waals surface area (Å²) in [5.41, 5.74) is -0.249. The van der Waals surface area contributed by atoms with E-state index < -0.39 is 5.54 Å². The van der Waals surface area contributed by atoms with E-state index in [1.54, 1.807) is 6.08 Å². The Balaban J connectivity index is 4.04. The smallest absolute Gasteiger partial charge is 0.211 e. The van der Waals surface area contributed by atoms with Crippen LogP contribution in [0.4, 0.5) is 0 Å². The predicted octanol–water partition coefficient (Wildman–Crippen LogP) is 5.43. The SMILES string of the molecule is CCCCCCCCC(C)(C)/C=C/C(C)(C)N=C=O. The summed E-state index contributed by atoms with van der Waals surface area (Å²) in [6.07, 6.45) is 15.0. The molecule has 0 rings (SSSR count). The highest BCUT2D eigenvalue weighted by Gasteiger charge is 2.17. The van der Waals surface area contributed by atoms with Crippen LogP contribution in [0.2, 0.25) is 0 Å². The van der Waals surface area contributed by atoms with Crippen LogP contribution in [-0.2, 0) is 4.79 Å². The number of isocyanates is 1. The standard InChI is InChI=1S/C17H31NO/c1-6-7-8-9-10-11-12-16(2,3)13-14-17(4,5)18-15-19/h13-14H,6-12H2,1-5H3/b14-13+. The number of nitrogens with zero attached hydrogens (tertiary/aromatic N) is 1. The molecule has 0 bridgehead atoms. The fourth-order valence-electron chi connectivity index (χ4n) is 2.03. The van der Waals surface area contributed by atoms with Crippen LogP contribution in [0.5, 0.6) is 0 Å². The summed E-state index contributed by atoms with van der Waals surface area (Å²) in [6, 6.07) is 0. The molecule has 0 aliphatic carbocycles. The maximum Gasteiger partial charge on any atom is 0.235 e. The van der Waals surface area contributed by atoms with Crippen LogP contribution >= 0.6 is 0 Å². The first-order valence-corrected chi connectivity index (χ1v) is 7.62. The number of aliphatic imine (C=N–C) groups is 1. The minimum atomic E-state index is -0.430. The van der Waals surface area contributed by atoms with Gasteiger partial charge in [0.05, 0.1) is 5.54 Å². The maximum atomic E-state index is 10.3. The Morgan fingerprint density at radius 1 is 0.947 bits per heavy atom. The Labute approximate surface area is 119 Å². The number of unbranched alkanes of at least 4 members (excludes halogenated alkanes) is 5. The van der Waals surface area contributed by atoms with Gasteiger partial charge < -0.3 is 0 Å². The third kappa shape index (κ3) is 10.7. The van der Waals surface area contributed by atoms with Crippen molar-refractivity contribution < 1.29 is 4.79 Å². The van der Waals surface area contributed by atoms with Gasteiger partial charge in [-0.25, -0.2) is 4.79 Å². The lowest BCUT2D eigenvalue weighted by Gasteiger charge is -2.22. The lowest BCUT2D eigenvalue weighted by molar-refractivity contribution is 0.404. The Morgan fingerprint density at radius 3 is 2.11 bits per heavy atom. The van der Waals surface area contributed by atoms with Crippen LogP contribution in [0, 0.1) is 5.41 Å². The first-order valence-electron chi connectivity index (χ1n) is 7.62. The summed E-state index contributed by atoms with van der Waals surface area (Å²) in [5, 5.41) is 0. The van der Waals surface area contributed by atoms with Gasteiger partial charge in [0, 0.05) is 0 Å². The summed E-state index contributed by atoms with van der Waals surface area (Å²) in [6.45, 7) is 10.6. The monoisotopic (exact) mass is 265 g/mol. The van der Waals surface area contributed by atoms with Crippen molar-refractivity contribution in [3.8, 4) is 0 Å². The van der Waals surface area contributed by atoms with E-state index >= 15 is 0 Å². The van der Waals surface area contributed by atoms with Crippen molar-refractivity contribution in [1.29, 1.82) is 0 Å². The second-order valence-electron chi connectivity index (χ2n) is 6.70. The number of rotatable bonds is 10. The molecule has 0 aliphatic heterocycles. The van der Waals surface area contributed by atoms with Gasteiger partial charge in [-0.15, -0.1) is 0 Å². The zero-order valence-electron chi connectivity index (χ0n) is 13.5. The number of hydrogen-bond donors (Lipinski definition) is 0. The molecule has 2 nitrogen and oxygen atoms in total. The Bertz CT molecular complexity index is 309. The highest BCUT2D eigenvalue weighted by molar-refractivity contribution is 5.35. The van der Waals surface area contributed by atoms with Gasteiger partial charge >= 0.3 is 0 Å². The normalized spacial score (nSPS) is 12.7. The molecule has 0 amide bonds. The van der Waals surface area contributed by atoms with Gasteiger partial charge in [-0.3, -0.25) is 0 Å². The topological polar surface area (TPSA) is 29.4 Å². The van der Waals surface area contributed by atoms with Crippen molar-refractivity contribution in [3.63, 3.8) is 0 Å². The summed E-state index contributed by atoms with van der Waals surface area (Å²) < 4.78 is 0. The molecule has 0 aromatic rings. The van der Waals surface area contributed by atoms with Gasteiger partial charge in [0.15, 0.2) is 0 Å². The molecule has 0 spiro atoms. The predicted molar refractivity (Wildman–Crippen MR) is 83.1 cm³/mol. The van der Waals surface area contributed by atoms with E-state index in [2.05, 4.69) is 31.8 Å². The Hall–Kier alpha value is -0.880. The van der Waals surface area contributed by atoms with Crippen molar-refractivity contribution in [2.24, 2.45) is 10.4 Å². The van der Waals surface area contributed by atoms with Gasteiger partial charge in [0.1, 0.15) is 0 Å². The van der Waals surface area contributed by atoms with Crippen molar-refractivity contribution in [1.82, 2.24) is 0 Å². The molecule has 2 heteroatoms. The highest BCUT2D eigenvalue weighted by atomic mass is 16.1. The first kappa shape index (κ1) is 18.1. The molecule has 0 saturated heterocycles. The molecule has 0 aromatic heterocycles. The molecule has 0 aromatic carbocycles. The van der Waals surface area contributed by atoms with Crippen molar-refractivity contribution in [2.75, 3.05) is 0 Å². The highest BCUT2D eigenvalue weighted by Crippen LogP contribution is 2.27. The van der Waals surface area contributed by atoms with Gasteiger partial charge in [0.25, 0.3) is 0 Å². The van der Waals surface area contributed by atoms with Gasteiger partial charge in [-0.2, -0.15) is 4.99 Å². The van der Waals surface area contributed by atoms with Crippen LogP contribution in [0.1, 0.15) is 79.6 Å². The van der Waals surface area contributed by atoms with E-state index in [0.717, 1.165) is 0 Å². The fraction of sp³-hybridized carbons (Fsp3) is 0.824. The summed E-state index contributed by atoms with van der Waals surface area (Å²) in [4.78, 5) is 14.1. The average Bonchev–Trinajstić information content (AvgIpc) is 2.32. The second-order valence-corrected chi connectivity index (χ2v) is 6.70. The molecule has 0 atom stereocenters. The van der Waals surface area contributed by atoms with Crippen LogP contribution < -0.4 is 0 Å². The van der Waals surface area contributed by atoms with E-state index in [9.17, 15) is 4.79 Å². The molecule has 0 aliphatic rings. The minimum Gasteiger partial charge on any atom is -0.211 e. The molecule has 0 N–H and O–H groups in total. The minimum absolute atomic E-state index is 0.181. The average molecular weight is 265 g/mol. The zero-order chi connectivity index (χ0) is 14.8. The van der Waals surface area contributed by atoms with E-state index in [1.165, 1.54) is 44.9 Å². The number of hydrogen-bond acceptors (Lipinski definition) is 2. The van der Waals surface area contributed by atoms with E-state index in [1.807, 2.05) is 19.9 Å². The summed E-state index contributed by atoms with van der Waals surface area (Å²) in [5.74, 6) is 0. The fourth-order valence-corrected chi connectivity index (χ4v) is 2.03. The lowest BCUT2D eigenvalue weighted by Crippen LogP contribution is -2.15. The summed E-state index contributed by atoms with van der Waals surface area (Å²) in [7, 11) is 0. The van der Waals surface area contributed by atoms with Crippen LogP contribution in [0.25, 0.3) is 0 Å². The molecular weight excluding hydrogens is 234 g/mol. The molecule has 0 radical (unpaired) electrons. The quantitative estimate of drug-likeness (QED) is 0.224. The number of allylic oxidation sites excluding steroid dienone is 1. The van der Waals surface area contributed by atoms with E-state index in [0.29, 0.717) is 0 Å². The zero-order valence-corrected chi connectivity index (χ0v) is 13.5. The lowest BCUT2D eigenvalue weighted by atomic mass is 9.85. The van der Waals surface area contributed by atoms with E-state index in [4.69, 9.17) is 0 Å². The molecular formula is C17H31NO. The Morgan fingerprint density at radius 2 is 1.53 bits per heavy atom. The van der Waals surface area contributed by atoms with Gasteiger partial charge in [-0.05, 0) is 25.7 Å². The van der Waals surface area contributed by atoms with E-state index in [-0.39, 0.29) is 5.41 Å². The number of carbonyl (C=O) groups excluding carboxylic acids is 1. The third-order valence-electron chi connectivity index (χ3n) is 3.45. The summed E-state index contributed by atoms with van der Waals surface area (Å²) >= 11 is 0. The van der Waals surface area contributed by atoms with Crippen molar-refractivity contribution in [2.45, 2.75) is 85.1 Å². The maximum absolute atomic E-state index is 10.3. The molecule has 19 heavy (non-hydrogen) atoms. The third-order valence-corrected chi connectivity index (χ3v) is 3.45. The largest absolute Gasteiger partial charge is 0.235 e. The van der Waals surface area contributed by atoms with Crippen LogP contribution in [-0.4, -0.2) is 11.6 Å². The van der Waals surface area contributed by atoms with Crippen LogP contribution in [0.3, 0.4) is 0 Å². The molecule has 110 valence electrons. The molecule has 0 fully saturated rings. The second kappa shape index (κ2) is 9.09. The molecule has 0 unspecified atom stereocenters. The van der Waals surface area contributed by atoms with Crippen molar-refractivity contribution in [3.05, 3.63) is 12.2 Å². The Kier molecular flexibility index (Phi) is 8.67. The molecule has 0 saturated carbocycles. The van der Waals surface area contributed by atoms with Crippen LogP contribution in [0.15, 0.2) is 17.1 Å². The molecule has 0 heterocycles. The van der Waals surface area contributed by atoms with Gasteiger partial charge in [0.2, 0.25) is 6.08 Å². The first-order chi connectivity index (χ1) is 8.83. The van der Waals surface area contributed by atoms with Crippen molar-refractivity contribution >= 4 is 6.08 Å². The van der Waals surface area contributed by atoms with Gasteiger partial charge in [-0.1, -0.05) is 71.4 Å².